The topological polar surface area (TPSA) is 82.5 Å². The maximum Gasteiger partial charge on any atom is 0.433 e. The van der Waals surface area contributed by atoms with Crippen LogP contribution in [0, 0.1) is 0 Å². The molecule has 0 unspecified atom stereocenters. The average molecular weight is 572 g/mol. The second-order valence-corrected chi connectivity index (χ2v) is 16.6. The lowest BCUT2D eigenvalue weighted by Gasteiger charge is -2.52. The molecule has 1 fully saturated rings. The quantitative estimate of drug-likeness (QED) is 0.296. The number of aliphatic hydroxyl groups excluding tert-OH is 1. The highest BCUT2D eigenvalue weighted by Gasteiger charge is 2.52. The smallest absolute Gasteiger partial charge is 0.433 e. The van der Waals surface area contributed by atoms with Crippen LogP contribution in [0.4, 0.5) is 13.2 Å². The van der Waals surface area contributed by atoms with Crippen molar-refractivity contribution in [3.8, 4) is 28.3 Å². The Morgan fingerprint density at radius 2 is 1.87 bits per heavy atom. The van der Waals surface area contributed by atoms with E-state index in [-0.39, 0.29) is 32.6 Å². The van der Waals surface area contributed by atoms with Crippen molar-refractivity contribution in [2.45, 2.75) is 83.1 Å². The molecule has 1 aliphatic rings. The molecule has 3 aromatic rings. The van der Waals surface area contributed by atoms with Crippen molar-refractivity contribution in [2.24, 2.45) is 0 Å². The van der Waals surface area contributed by atoms with Gasteiger partial charge < -0.3 is 18.8 Å². The zero-order chi connectivity index (χ0) is 28.3. The molecule has 7 nitrogen and oxygen atoms in total. The lowest BCUT2D eigenvalue weighted by Crippen LogP contribution is -2.54. The van der Waals surface area contributed by atoms with Gasteiger partial charge in [0.25, 0.3) is 0 Å². The first kappa shape index (κ1) is 28.7. The number of hydrogen-bond donors (Lipinski definition) is 1. The Morgan fingerprint density at radius 1 is 1.21 bits per heavy atom. The summed E-state index contributed by atoms with van der Waals surface area (Å²) >= 11 is 6.41. The molecule has 1 aromatic carbocycles. The van der Waals surface area contributed by atoms with E-state index in [2.05, 4.69) is 44.1 Å². The number of rotatable bonds is 7. The van der Waals surface area contributed by atoms with E-state index in [4.69, 9.17) is 25.3 Å². The van der Waals surface area contributed by atoms with Gasteiger partial charge in [-0.2, -0.15) is 18.3 Å². The minimum Gasteiger partial charge on any atom is -0.495 e. The van der Waals surface area contributed by atoms with Crippen LogP contribution in [-0.2, 0) is 17.2 Å². The number of hydrogen-bond acceptors (Lipinski definition) is 6. The van der Waals surface area contributed by atoms with Crippen LogP contribution in [0.15, 0.2) is 28.9 Å². The molecule has 0 atom stereocenters. The average Bonchev–Trinajstić information content (AvgIpc) is 3.40. The monoisotopic (exact) mass is 571 g/mol. The molecule has 0 bridgehead atoms. The molecule has 0 saturated heterocycles. The molecule has 0 aliphatic heterocycles. The molecule has 0 radical (unpaired) electrons. The molecule has 0 spiro atoms. The van der Waals surface area contributed by atoms with Crippen LogP contribution in [0.1, 0.15) is 57.8 Å². The lowest BCUT2D eigenvalue weighted by molar-refractivity contribution is -0.148. The molecule has 208 valence electrons. The van der Waals surface area contributed by atoms with E-state index in [1.54, 1.807) is 18.2 Å². The summed E-state index contributed by atoms with van der Waals surface area (Å²) in [5, 5.41) is 18.4. The maximum atomic E-state index is 14.4. The number of aliphatic hydroxyl groups is 1. The summed E-state index contributed by atoms with van der Waals surface area (Å²) in [6.45, 7) is 12.0. The van der Waals surface area contributed by atoms with E-state index < -0.39 is 38.4 Å². The first-order valence-corrected chi connectivity index (χ1v) is 15.6. The minimum atomic E-state index is -4.73. The molecule has 2 aromatic heterocycles. The summed E-state index contributed by atoms with van der Waals surface area (Å²) in [7, 11) is -0.671. The van der Waals surface area contributed by atoms with Gasteiger partial charge in [0.1, 0.15) is 11.4 Å². The van der Waals surface area contributed by atoms with E-state index in [0.717, 1.165) is 10.9 Å². The maximum absolute atomic E-state index is 14.4. The van der Waals surface area contributed by atoms with E-state index in [1.807, 2.05) is 6.92 Å². The van der Waals surface area contributed by atoms with E-state index >= 15 is 0 Å². The number of ether oxygens (including phenoxy) is 1. The van der Waals surface area contributed by atoms with E-state index in [1.165, 1.54) is 7.11 Å². The highest BCUT2D eigenvalue weighted by molar-refractivity contribution is 6.74. The van der Waals surface area contributed by atoms with Gasteiger partial charge in [0, 0.05) is 5.56 Å². The standard InChI is InChI=1S/C26H33ClF3N3O4Si/c1-24(2,3)38(6,7)37-25(4)11-15(12-25)33-23(26(28,29)30)17(13-31-33)22-18(14-34)21(32-36-22)16-9-8-10-19(35-5)20(16)27/h8-10,13,15,34H,11-12,14H2,1-7H3. The molecule has 2 heterocycles. The number of methoxy groups -OCH3 is 1. The Morgan fingerprint density at radius 3 is 2.42 bits per heavy atom. The van der Waals surface area contributed by atoms with Crippen molar-refractivity contribution >= 4 is 19.9 Å². The first-order chi connectivity index (χ1) is 17.5. The predicted molar refractivity (Wildman–Crippen MR) is 141 cm³/mol. The Labute approximate surface area is 226 Å². The van der Waals surface area contributed by atoms with Crippen molar-refractivity contribution in [2.75, 3.05) is 7.11 Å². The van der Waals surface area contributed by atoms with Gasteiger partial charge in [0.2, 0.25) is 0 Å². The third-order valence-electron chi connectivity index (χ3n) is 7.68. The third kappa shape index (κ3) is 5.01. The van der Waals surface area contributed by atoms with Crippen molar-refractivity contribution in [1.82, 2.24) is 14.9 Å². The third-order valence-corrected chi connectivity index (χ3v) is 12.7. The number of benzene rings is 1. The van der Waals surface area contributed by atoms with Gasteiger partial charge >= 0.3 is 6.18 Å². The molecule has 1 aliphatic carbocycles. The molecule has 38 heavy (non-hydrogen) atoms. The summed E-state index contributed by atoms with van der Waals surface area (Å²) in [6.07, 6.45) is -2.81. The predicted octanol–water partition coefficient (Wildman–Crippen LogP) is 7.49. The number of nitrogens with zero attached hydrogens (tertiary/aromatic N) is 3. The summed E-state index contributed by atoms with van der Waals surface area (Å²) in [5.41, 5.74) is -1.20. The molecular weight excluding hydrogens is 539 g/mol. The molecule has 4 rings (SSSR count). The van der Waals surface area contributed by atoms with Crippen LogP contribution in [0.5, 0.6) is 5.75 Å². The molecule has 1 N–H and O–H groups in total. The summed E-state index contributed by atoms with van der Waals surface area (Å²) < 4.78 is 61.5. The van der Waals surface area contributed by atoms with Gasteiger partial charge in [-0.3, -0.25) is 4.68 Å². The van der Waals surface area contributed by atoms with Gasteiger partial charge in [-0.05, 0) is 44.0 Å². The normalized spacial score (nSPS) is 20.5. The molecular formula is C26H33ClF3N3O4Si. The first-order valence-electron chi connectivity index (χ1n) is 12.3. The second-order valence-electron chi connectivity index (χ2n) is 11.5. The largest absolute Gasteiger partial charge is 0.495 e. The lowest BCUT2D eigenvalue weighted by atomic mass is 9.77. The highest BCUT2D eigenvalue weighted by Crippen LogP contribution is 2.51. The van der Waals surface area contributed by atoms with Crippen molar-refractivity contribution in [3.05, 3.63) is 40.7 Å². The van der Waals surface area contributed by atoms with Crippen molar-refractivity contribution < 1.29 is 32.0 Å². The summed E-state index contributed by atoms with van der Waals surface area (Å²) in [6, 6.07) is 4.42. The van der Waals surface area contributed by atoms with E-state index in [0.29, 0.717) is 24.2 Å². The summed E-state index contributed by atoms with van der Waals surface area (Å²) in [4.78, 5) is 0. The zero-order valence-electron chi connectivity index (χ0n) is 22.5. The van der Waals surface area contributed by atoms with Crippen LogP contribution in [0.2, 0.25) is 23.2 Å². The fourth-order valence-electron chi connectivity index (χ4n) is 4.78. The van der Waals surface area contributed by atoms with Gasteiger partial charge in [0.15, 0.2) is 19.8 Å². The Bertz CT molecular complexity index is 1320. The van der Waals surface area contributed by atoms with Crippen LogP contribution < -0.4 is 4.74 Å². The number of halogens is 4. The van der Waals surface area contributed by atoms with Crippen LogP contribution >= 0.6 is 11.6 Å². The number of alkyl halides is 3. The highest BCUT2D eigenvalue weighted by atomic mass is 35.5. The Balaban J connectivity index is 1.71. The van der Waals surface area contributed by atoms with Gasteiger partial charge in [-0.25, -0.2) is 0 Å². The molecule has 12 heteroatoms. The fraction of sp³-hybridized carbons (Fsp3) is 0.538. The Hall–Kier alpha value is -2.34. The number of aromatic nitrogens is 3. The molecule has 1 saturated carbocycles. The zero-order valence-corrected chi connectivity index (χ0v) is 24.3. The van der Waals surface area contributed by atoms with Gasteiger partial charge in [0.05, 0.1) is 47.7 Å². The minimum absolute atomic E-state index is 0.0204. The van der Waals surface area contributed by atoms with Gasteiger partial charge in [-0.15, -0.1) is 0 Å². The fourth-order valence-corrected chi connectivity index (χ4v) is 6.78. The SMILES string of the molecule is COc1cccc(-c2noc(-c3cnn(C4CC(C)(O[Si](C)(C)C(C)(C)C)C4)c3C(F)(F)F)c2CO)c1Cl. The van der Waals surface area contributed by atoms with E-state index in [9.17, 15) is 18.3 Å². The van der Waals surface area contributed by atoms with Crippen molar-refractivity contribution in [1.29, 1.82) is 0 Å². The molecule has 0 amide bonds. The Kier molecular flexibility index (Phi) is 7.31. The van der Waals surface area contributed by atoms with Gasteiger partial charge in [-0.1, -0.05) is 49.7 Å². The van der Waals surface area contributed by atoms with Crippen LogP contribution in [-0.4, -0.2) is 41.1 Å². The van der Waals surface area contributed by atoms with Crippen LogP contribution in [0.25, 0.3) is 22.6 Å². The van der Waals surface area contributed by atoms with Crippen molar-refractivity contribution in [3.63, 3.8) is 0 Å². The summed E-state index contributed by atoms with van der Waals surface area (Å²) in [5.74, 6) is 0.147. The second kappa shape index (κ2) is 9.69. The van der Waals surface area contributed by atoms with Crippen LogP contribution in [0.3, 0.4) is 0 Å².